The van der Waals surface area contributed by atoms with Crippen molar-refractivity contribution in [2.24, 2.45) is 5.73 Å². The Bertz CT molecular complexity index is 487. The molecule has 0 atom stereocenters. The second-order valence-corrected chi connectivity index (χ2v) is 6.65. The van der Waals surface area contributed by atoms with Gasteiger partial charge in [0, 0.05) is 43.0 Å². The Balaban J connectivity index is 1.89. The summed E-state index contributed by atoms with van der Waals surface area (Å²) in [5, 5.41) is 3.12. The lowest BCUT2D eigenvalue weighted by Crippen LogP contribution is -2.50. The number of carbonyl (C=O) groups excluding carboxylic acids is 1. The third-order valence-corrected chi connectivity index (χ3v) is 4.07. The highest BCUT2D eigenvalue weighted by atomic mass is 16.1. The Morgan fingerprint density at radius 2 is 2.10 bits per heavy atom. The number of nitrogens with two attached hydrogens (primary N) is 1. The highest BCUT2D eigenvalue weighted by molar-refractivity contribution is 5.94. The minimum atomic E-state index is -0.0266. The molecule has 0 radical (unpaired) electrons. The number of carbonyl (C=O) groups is 1. The molecular formula is C16H26N4O. The van der Waals surface area contributed by atoms with Crippen LogP contribution >= 0.6 is 0 Å². The van der Waals surface area contributed by atoms with Crippen molar-refractivity contribution in [3.05, 3.63) is 29.6 Å². The van der Waals surface area contributed by atoms with Crippen LogP contribution in [0.5, 0.6) is 0 Å². The van der Waals surface area contributed by atoms with Gasteiger partial charge in [-0.2, -0.15) is 0 Å². The van der Waals surface area contributed by atoms with Crippen LogP contribution in [-0.2, 0) is 6.54 Å². The van der Waals surface area contributed by atoms with Gasteiger partial charge in [-0.25, -0.2) is 0 Å². The van der Waals surface area contributed by atoms with Crippen LogP contribution in [0.25, 0.3) is 0 Å². The minimum Gasteiger partial charge on any atom is -0.349 e. The van der Waals surface area contributed by atoms with Crippen molar-refractivity contribution in [1.82, 2.24) is 15.2 Å². The van der Waals surface area contributed by atoms with E-state index in [9.17, 15) is 4.79 Å². The number of nitrogens with one attached hydrogen (secondary N) is 1. The summed E-state index contributed by atoms with van der Waals surface area (Å²) in [5.41, 5.74) is 7.15. The van der Waals surface area contributed by atoms with Gasteiger partial charge in [-0.05, 0) is 45.7 Å². The molecule has 1 amide bonds. The summed E-state index contributed by atoms with van der Waals surface area (Å²) in [7, 11) is 0. The molecule has 5 heteroatoms. The van der Waals surface area contributed by atoms with E-state index in [1.807, 2.05) is 0 Å². The van der Waals surface area contributed by atoms with E-state index >= 15 is 0 Å². The molecule has 0 unspecified atom stereocenters. The second kappa shape index (κ2) is 6.54. The van der Waals surface area contributed by atoms with E-state index in [1.54, 1.807) is 18.3 Å². The minimum absolute atomic E-state index is 0.0266. The second-order valence-electron chi connectivity index (χ2n) is 6.65. The molecule has 1 aromatic rings. The van der Waals surface area contributed by atoms with Crippen LogP contribution < -0.4 is 11.1 Å². The van der Waals surface area contributed by atoms with Crippen LogP contribution in [0.1, 0.15) is 49.7 Å². The van der Waals surface area contributed by atoms with Crippen molar-refractivity contribution in [3.8, 4) is 0 Å². The topological polar surface area (TPSA) is 71.2 Å². The van der Waals surface area contributed by atoms with E-state index in [-0.39, 0.29) is 17.5 Å². The Morgan fingerprint density at radius 1 is 1.43 bits per heavy atom. The van der Waals surface area contributed by atoms with Gasteiger partial charge in [0.1, 0.15) is 0 Å². The summed E-state index contributed by atoms with van der Waals surface area (Å²) in [5.74, 6) is -0.0266. The van der Waals surface area contributed by atoms with E-state index in [1.165, 1.54) is 0 Å². The van der Waals surface area contributed by atoms with Gasteiger partial charge in [0.2, 0.25) is 0 Å². The molecule has 0 bridgehead atoms. The third kappa shape index (κ3) is 4.25. The molecule has 1 aromatic heterocycles. The number of nitrogens with zero attached hydrogens (tertiary/aromatic N) is 2. The maximum absolute atomic E-state index is 12.3. The molecule has 5 nitrogen and oxygen atoms in total. The molecule has 1 aliphatic heterocycles. The number of amides is 1. The number of rotatable bonds is 3. The Labute approximate surface area is 126 Å². The molecular weight excluding hydrogens is 264 g/mol. The van der Waals surface area contributed by atoms with Crippen LogP contribution in [0.2, 0.25) is 0 Å². The quantitative estimate of drug-likeness (QED) is 0.885. The molecule has 21 heavy (non-hydrogen) atoms. The van der Waals surface area contributed by atoms with Gasteiger partial charge in [-0.1, -0.05) is 0 Å². The fraction of sp³-hybridized carbons (Fsp3) is 0.625. The van der Waals surface area contributed by atoms with Gasteiger partial charge in [-0.3, -0.25) is 14.7 Å². The van der Waals surface area contributed by atoms with Crippen LogP contribution in [0.15, 0.2) is 18.3 Å². The zero-order chi connectivity index (χ0) is 15.5. The van der Waals surface area contributed by atoms with Gasteiger partial charge in [0.25, 0.3) is 5.91 Å². The summed E-state index contributed by atoms with van der Waals surface area (Å²) in [6.07, 6.45) is 3.63. The predicted molar refractivity (Wildman–Crippen MR) is 83.9 cm³/mol. The lowest BCUT2D eigenvalue weighted by molar-refractivity contribution is 0.0812. The van der Waals surface area contributed by atoms with Crippen molar-refractivity contribution >= 4 is 5.91 Å². The first kappa shape index (κ1) is 15.9. The molecule has 1 fully saturated rings. The van der Waals surface area contributed by atoms with Gasteiger partial charge in [0.05, 0.1) is 5.69 Å². The molecule has 2 rings (SSSR count). The van der Waals surface area contributed by atoms with Crippen LogP contribution in [0.3, 0.4) is 0 Å². The predicted octanol–water partition coefficient (Wildman–Crippen LogP) is 1.53. The fourth-order valence-corrected chi connectivity index (χ4v) is 2.69. The number of piperidine rings is 1. The SMILES string of the molecule is CC(C)(C)N1CCC(NC(=O)c2ccnc(CN)c2)CC1. The first-order valence-electron chi connectivity index (χ1n) is 7.61. The summed E-state index contributed by atoms with van der Waals surface area (Å²) in [6.45, 7) is 9.11. The van der Waals surface area contributed by atoms with E-state index in [2.05, 4.69) is 36.0 Å². The number of pyridine rings is 1. The number of aromatic nitrogens is 1. The number of hydrogen-bond acceptors (Lipinski definition) is 4. The van der Waals surface area contributed by atoms with Crippen LogP contribution in [0.4, 0.5) is 0 Å². The summed E-state index contributed by atoms with van der Waals surface area (Å²) >= 11 is 0. The lowest BCUT2D eigenvalue weighted by atomic mass is 9.98. The number of likely N-dealkylation sites (tertiary alicyclic amines) is 1. The van der Waals surface area contributed by atoms with Crippen molar-refractivity contribution in [3.63, 3.8) is 0 Å². The standard InChI is InChI=1S/C16H26N4O/c1-16(2,3)20-8-5-13(6-9-20)19-15(21)12-4-7-18-14(10-12)11-17/h4,7,10,13H,5-6,8-9,11,17H2,1-3H3,(H,19,21). The Hall–Kier alpha value is -1.46. The van der Waals surface area contributed by atoms with Crippen molar-refractivity contribution < 1.29 is 4.79 Å². The molecule has 1 aliphatic rings. The monoisotopic (exact) mass is 290 g/mol. The highest BCUT2D eigenvalue weighted by Crippen LogP contribution is 2.20. The van der Waals surface area contributed by atoms with Crippen molar-refractivity contribution in [1.29, 1.82) is 0 Å². The molecule has 0 spiro atoms. The molecule has 2 heterocycles. The zero-order valence-corrected chi connectivity index (χ0v) is 13.2. The zero-order valence-electron chi connectivity index (χ0n) is 13.2. The largest absolute Gasteiger partial charge is 0.349 e. The van der Waals surface area contributed by atoms with Gasteiger partial charge in [0.15, 0.2) is 0 Å². The van der Waals surface area contributed by atoms with Gasteiger partial charge in [-0.15, -0.1) is 0 Å². The average Bonchev–Trinajstić information content (AvgIpc) is 2.47. The van der Waals surface area contributed by atoms with E-state index < -0.39 is 0 Å². The maximum atomic E-state index is 12.3. The van der Waals surface area contributed by atoms with Gasteiger partial charge >= 0.3 is 0 Å². The highest BCUT2D eigenvalue weighted by Gasteiger charge is 2.27. The summed E-state index contributed by atoms with van der Waals surface area (Å²) in [6, 6.07) is 3.75. The maximum Gasteiger partial charge on any atom is 0.251 e. The van der Waals surface area contributed by atoms with Crippen molar-refractivity contribution in [2.75, 3.05) is 13.1 Å². The molecule has 116 valence electrons. The van der Waals surface area contributed by atoms with E-state index in [0.717, 1.165) is 31.6 Å². The molecule has 1 saturated heterocycles. The van der Waals surface area contributed by atoms with E-state index in [0.29, 0.717) is 12.1 Å². The molecule has 0 saturated carbocycles. The average molecular weight is 290 g/mol. The van der Waals surface area contributed by atoms with Crippen LogP contribution in [-0.4, -0.2) is 40.5 Å². The summed E-state index contributed by atoms with van der Waals surface area (Å²) < 4.78 is 0. The first-order chi connectivity index (χ1) is 9.90. The normalized spacial score (nSPS) is 17.7. The molecule has 0 aromatic carbocycles. The molecule has 0 aliphatic carbocycles. The Kier molecular flexibility index (Phi) is 4.96. The first-order valence-corrected chi connectivity index (χ1v) is 7.61. The smallest absolute Gasteiger partial charge is 0.251 e. The Morgan fingerprint density at radius 3 is 2.67 bits per heavy atom. The van der Waals surface area contributed by atoms with Crippen molar-refractivity contribution in [2.45, 2.75) is 51.7 Å². The number of hydrogen-bond donors (Lipinski definition) is 2. The van der Waals surface area contributed by atoms with E-state index in [4.69, 9.17) is 5.73 Å². The third-order valence-electron chi connectivity index (χ3n) is 4.07. The van der Waals surface area contributed by atoms with Gasteiger partial charge < -0.3 is 11.1 Å². The summed E-state index contributed by atoms with van der Waals surface area (Å²) in [4.78, 5) is 18.8. The molecule has 3 N–H and O–H groups in total. The lowest BCUT2D eigenvalue weighted by Gasteiger charge is -2.41. The van der Waals surface area contributed by atoms with Crippen LogP contribution in [0, 0.1) is 0 Å². The fourth-order valence-electron chi connectivity index (χ4n) is 2.69.